The van der Waals surface area contributed by atoms with E-state index in [-0.39, 0.29) is 0 Å². The smallest absolute Gasteiger partial charge is 0.143 e. The van der Waals surface area contributed by atoms with E-state index in [1.54, 1.807) is 0 Å². The van der Waals surface area contributed by atoms with E-state index in [1.165, 1.54) is 81.7 Å². The zero-order valence-electron chi connectivity index (χ0n) is 27.7. The van der Waals surface area contributed by atoms with Crippen LogP contribution >= 0.6 is 0 Å². The van der Waals surface area contributed by atoms with Crippen molar-refractivity contribution in [1.29, 1.82) is 0 Å². The predicted molar refractivity (Wildman–Crippen MR) is 218 cm³/mol. The number of rotatable bonds is 3. The lowest BCUT2D eigenvalue weighted by molar-refractivity contribution is 0.670. The second-order valence-electron chi connectivity index (χ2n) is 13.6. The van der Waals surface area contributed by atoms with E-state index in [2.05, 4.69) is 182 Å². The van der Waals surface area contributed by atoms with E-state index >= 15 is 0 Å². The van der Waals surface area contributed by atoms with Gasteiger partial charge in [-0.05, 0) is 94.3 Å². The summed E-state index contributed by atoms with van der Waals surface area (Å²) in [5, 5.41) is 14.6. The van der Waals surface area contributed by atoms with Crippen LogP contribution in [0.15, 0.2) is 186 Å². The molecule has 11 rings (SSSR count). The fourth-order valence-electron chi connectivity index (χ4n) is 8.58. The molecule has 1 aromatic heterocycles. The van der Waals surface area contributed by atoms with Crippen LogP contribution in [-0.4, -0.2) is 0 Å². The van der Waals surface area contributed by atoms with Crippen LogP contribution in [0.2, 0.25) is 0 Å². The number of benzene rings is 10. The third kappa shape index (κ3) is 4.16. The number of furan rings is 1. The molecular weight excluding hydrogens is 617 g/mol. The summed E-state index contributed by atoms with van der Waals surface area (Å²) < 4.78 is 6.80. The van der Waals surface area contributed by atoms with Crippen molar-refractivity contribution < 1.29 is 4.42 Å². The van der Waals surface area contributed by atoms with Gasteiger partial charge in [-0.25, -0.2) is 0 Å². The second-order valence-corrected chi connectivity index (χ2v) is 13.6. The SMILES string of the molecule is c1ccc2cc(-c3ccc(-c4c5ccccc5c(-c5c6ccccc6cc6c5oc5ccccc56)c5ccccc45)c4ccccc34)ccc2c1. The Morgan fingerprint density at radius 2 is 0.784 bits per heavy atom. The first kappa shape index (κ1) is 28.2. The van der Waals surface area contributed by atoms with Crippen LogP contribution in [0.3, 0.4) is 0 Å². The van der Waals surface area contributed by atoms with Crippen molar-refractivity contribution in [3.8, 4) is 33.4 Å². The summed E-state index contributed by atoms with van der Waals surface area (Å²) in [4.78, 5) is 0. The summed E-state index contributed by atoms with van der Waals surface area (Å²) in [5.41, 5.74) is 9.17. The Hall–Kier alpha value is -6.70. The van der Waals surface area contributed by atoms with Gasteiger partial charge in [0.05, 0.1) is 0 Å². The van der Waals surface area contributed by atoms with Crippen LogP contribution < -0.4 is 0 Å². The summed E-state index contributed by atoms with van der Waals surface area (Å²) in [5.74, 6) is 0. The molecule has 11 aromatic rings. The molecule has 0 amide bonds. The fraction of sp³-hybridized carbons (Fsp3) is 0. The highest BCUT2D eigenvalue weighted by Gasteiger charge is 2.23. The Balaban J connectivity index is 1.25. The first-order valence-corrected chi connectivity index (χ1v) is 17.6. The van der Waals surface area contributed by atoms with Crippen molar-refractivity contribution in [3.63, 3.8) is 0 Å². The van der Waals surface area contributed by atoms with E-state index in [0.717, 1.165) is 27.5 Å². The highest BCUT2D eigenvalue weighted by Crippen LogP contribution is 2.50. The molecule has 0 atom stereocenters. The third-order valence-electron chi connectivity index (χ3n) is 10.8. The molecule has 0 spiro atoms. The summed E-state index contributed by atoms with van der Waals surface area (Å²) in [6.45, 7) is 0. The van der Waals surface area contributed by atoms with Crippen LogP contribution in [0.4, 0.5) is 0 Å². The lowest BCUT2D eigenvalue weighted by atomic mass is 9.82. The molecule has 0 N–H and O–H groups in total. The maximum Gasteiger partial charge on any atom is 0.143 e. The van der Waals surface area contributed by atoms with Gasteiger partial charge in [-0.2, -0.15) is 0 Å². The molecule has 0 aliphatic rings. The highest BCUT2D eigenvalue weighted by atomic mass is 16.3. The monoisotopic (exact) mass is 646 g/mol. The standard InChI is InChI=1S/C50H30O/c1-2-14-32-29-34(26-25-31(32)13-1)35-27-28-44(38-18-6-5-17-37(35)38)47-40-20-7-9-22-42(40)48(43-23-10-8-21-41(43)47)49-36-16-4-3-15-33(36)30-45-39-19-11-12-24-46(39)51-50(45)49/h1-30H. The molecule has 0 radical (unpaired) electrons. The Bertz CT molecular complexity index is 3140. The van der Waals surface area contributed by atoms with Gasteiger partial charge in [-0.15, -0.1) is 0 Å². The summed E-state index contributed by atoms with van der Waals surface area (Å²) in [7, 11) is 0. The molecule has 0 saturated carbocycles. The van der Waals surface area contributed by atoms with Gasteiger partial charge < -0.3 is 4.42 Å². The second kappa shape index (κ2) is 10.9. The zero-order valence-corrected chi connectivity index (χ0v) is 27.7. The molecule has 0 aliphatic carbocycles. The van der Waals surface area contributed by atoms with Crippen molar-refractivity contribution in [2.75, 3.05) is 0 Å². The Morgan fingerprint density at radius 1 is 0.275 bits per heavy atom. The minimum Gasteiger partial charge on any atom is -0.455 e. The first-order valence-electron chi connectivity index (χ1n) is 17.6. The molecule has 0 aliphatic heterocycles. The third-order valence-corrected chi connectivity index (χ3v) is 10.8. The molecule has 1 heterocycles. The molecule has 1 nitrogen and oxygen atoms in total. The molecule has 51 heavy (non-hydrogen) atoms. The highest BCUT2D eigenvalue weighted by molar-refractivity contribution is 6.29. The van der Waals surface area contributed by atoms with Gasteiger partial charge in [-0.1, -0.05) is 164 Å². The molecule has 0 saturated heterocycles. The molecule has 1 heteroatoms. The van der Waals surface area contributed by atoms with Crippen molar-refractivity contribution in [2.24, 2.45) is 0 Å². The average molecular weight is 647 g/mol. The van der Waals surface area contributed by atoms with Crippen LogP contribution in [0.25, 0.3) is 109 Å². The molecule has 0 fully saturated rings. The van der Waals surface area contributed by atoms with Crippen molar-refractivity contribution in [3.05, 3.63) is 182 Å². The lowest BCUT2D eigenvalue weighted by Crippen LogP contribution is -1.93. The fourth-order valence-corrected chi connectivity index (χ4v) is 8.58. The van der Waals surface area contributed by atoms with Gasteiger partial charge in [-0.3, -0.25) is 0 Å². The van der Waals surface area contributed by atoms with E-state index in [0.29, 0.717) is 0 Å². The Kier molecular flexibility index (Phi) is 6.02. The minimum absolute atomic E-state index is 0.910. The summed E-state index contributed by atoms with van der Waals surface area (Å²) in [6, 6.07) is 66.3. The maximum atomic E-state index is 6.80. The van der Waals surface area contributed by atoms with Gasteiger partial charge in [0.1, 0.15) is 11.2 Å². The van der Waals surface area contributed by atoms with Crippen molar-refractivity contribution in [2.45, 2.75) is 0 Å². The zero-order chi connectivity index (χ0) is 33.5. The number of hydrogen-bond donors (Lipinski definition) is 0. The van der Waals surface area contributed by atoms with Gasteiger partial charge in [0.2, 0.25) is 0 Å². The summed E-state index contributed by atoms with van der Waals surface area (Å²) >= 11 is 0. The Labute approximate surface area is 294 Å². The van der Waals surface area contributed by atoms with Gasteiger partial charge >= 0.3 is 0 Å². The largest absolute Gasteiger partial charge is 0.455 e. The Morgan fingerprint density at radius 3 is 1.49 bits per heavy atom. The van der Waals surface area contributed by atoms with E-state index < -0.39 is 0 Å². The van der Waals surface area contributed by atoms with Crippen LogP contribution in [0, 0.1) is 0 Å². The van der Waals surface area contributed by atoms with Crippen LogP contribution in [-0.2, 0) is 0 Å². The number of para-hydroxylation sites is 1. The summed E-state index contributed by atoms with van der Waals surface area (Å²) in [6.07, 6.45) is 0. The average Bonchev–Trinajstić information content (AvgIpc) is 3.57. The molecular formula is C50H30O. The quantitative estimate of drug-likeness (QED) is 0.174. The lowest BCUT2D eigenvalue weighted by Gasteiger charge is -2.20. The molecule has 236 valence electrons. The van der Waals surface area contributed by atoms with Crippen molar-refractivity contribution >= 4 is 75.8 Å². The van der Waals surface area contributed by atoms with Crippen molar-refractivity contribution in [1.82, 2.24) is 0 Å². The molecule has 0 unspecified atom stereocenters. The number of hydrogen-bond acceptors (Lipinski definition) is 1. The van der Waals surface area contributed by atoms with E-state index in [9.17, 15) is 0 Å². The van der Waals surface area contributed by atoms with Gasteiger partial charge in [0.25, 0.3) is 0 Å². The van der Waals surface area contributed by atoms with Crippen LogP contribution in [0.5, 0.6) is 0 Å². The maximum absolute atomic E-state index is 6.80. The van der Waals surface area contributed by atoms with Crippen LogP contribution in [0.1, 0.15) is 0 Å². The van der Waals surface area contributed by atoms with E-state index in [4.69, 9.17) is 4.42 Å². The minimum atomic E-state index is 0.910. The topological polar surface area (TPSA) is 13.1 Å². The number of fused-ring (bicyclic) bond motifs is 8. The van der Waals surface area contributed by atoms with Gasteiger partial charge in [0.15, 0.2) is 0 Å². The first-order chi connectivity index (χ1) is 25.3. The normalized spacial score (nSPS) is 11.9. The predicted octanol–water partition coefficient (Wildman–Crippen LogP) is 14.4. The van der Waals surface area contributed by atoms with E-state index in [1.807, 2.05) is 0 Å². The van der Waals surface area contributed by atoms with Gasteiger partial charge in [0, 0.05) is 21.9 Å². The molecule has 10 aromatic carbocycles. The molecule has 0 bridgehead atoms.